The third-order valence-corrected chi connectivity index (χ3v) is 2.39. The highest BCUT2D eigenvalue weighted by atomic mass is 127. The first-order valence-corrected chi connectivity index (χ1v) is 4.74. The predicted molar refractivity (Wildman–Crippen MR) is 56.4 cm³/mol. The van der Waals surface area contributed by atoms with Gasteiger partial charge in [0.25, 0.3) is 0 Å². The van der Waals surface area contributed by atoms with Crippen LogP contribution in [-0.2, 0) is 0 Å². The number of aryl methyl sites for hydroxylation is 1. The molecule has 1 N–H and O–H groups in total. The summed E-state index contributed by atoms with van der Waals surface area (Å²) in [5.41, 5.74) is 2.38. The van der Waals surface area contributed by atoms with E-state index in [0.29, 0.717) is 0 Å². The minimum Gasteiger partial charge on any atom is -0.322 e. The maximum absolute atomic E-state index is 3.18. The molecule has 0 amide bonds. The van der Waals surface area contributed by atoms with Crippen LogP contribution in [0.5, 0.6) is 0 Å². The van der Waals surface area contributed by atoms with Crippen molar-refractivity contribution >= 4 is 44.4 Å². The van der Waals surface area contributed by atoms with Crippen molar-refractivity contribution in [1.29, 1.82) is 0 Å². The van der Waals surface area contributed by atoms with Crippen LogP contribution in [0.4, 0.5) is 5.69 Å². The molecule has 0 aliphatic heterocycles. The number of anilines is 1. The van der Waals surface area contributed by atoms with Crippen molar-refractivity contribution in [2.24, 2.45) is 0 Å². The largest absolute Gasteiger partial charge is 0.322 e. The Hall–Kier alpha value is 0.230. The van der Waals surface area contributed by atoms with Crippen LogP contribution in [0, 0.1) is 10.5 Å². The van der Waals surface area contributed by atoms with E-state index >= 15 is 0 Å². The minimum atomic E-state index is 1.13. The van der Waals surface area contributed by atoms with Crippen molar-refractivity contribution in [1.82, 2.24) is 0 Å². The van der Waals surface area contributed by atoms with Crippen LogP contribution in [0.3, 0.4) is 0 Å². The number of benzene rings is 1. The van der Waals surface area contributed by atoms with Crippen LogP contribution in [-0.4, -0.2) is 0 Å². The Labute approximate surface area is 82.7 Å². The molecule has 1 rings (SSSR count). The Morgan fingerprint density at radius 1 is 1.50 bits per heavy atom. The van der Waals surface area contributed by atoms with Gasteiger partial charge in [0.1, 0.15) is 0 Å². The van der Waals surface area contributed by atoms with E-state index in [1.165, 1.54) is 9.13 Å². The third-order valence-electron chi connectivity index (χ3n) is 1.29. The topological polar surface area (TPSA) is 12.0 Å². The molecular formula is C7H7BrIN. The maximum atomic E-state index is 3.18. The van der Waals surface area contributed by atoms with Crippen LogP contribution >= 0.6 is 38.7 Å². The molecule has 0 saturated carbocycles. The summed E-state index contributed by atoms with van der Waals surface area (Å²) in [6.07, 6.45) is 0. The van der Waals surface area contributed by atoms with E-state index in [1.54, 1.807) is 0 Å². The lowest BCUT2D eigenvalue weighted by Crippen LogP contribution is -1.84. The zero-order valence-electron chi connectivity index (χ0n) is 5.49. The summed E-state index contributed by atoms with van der Waals surface area (Å²) in [5, 5.41) is 0. The first-order valence-electron chi connectivity index (χ1n) is 2.87. The fourth-order valence-electron chi connectivity index (χ4n) is 0.733. The minimum absolute atomic E-state index is 1.13. The van der Waals surface area contributed by atoms with E-state index in [9.17, 15) is 0 Å². The van der Waals surface area contributed by atoms with Crippen molar-refractivity contribution in [3.05, 3.63) is 27.3 Å². The molecule has 1 aromatic carbocycles. The summed E-state index contributed by atoms with van der Waals surface area (Å²) in [6, 6.07) is 6.24. The van der Waals surface area contributed by atoms with E-state index < -0.39 is 0 Å². The number of hydrogen-bond donors (Lipinski definition) is 1. The molecular weight excluding hydrogens is 305 g/mol. The molecule has 0 heterocycles. The summed E-state index contributed by atoms with van der Waals surface area (Å²) in [4.78, 5) is 0. The summed E-state index contributed by atoms with van der Waals surface area (Å²) < 4.78 is 4.20. The van der Waals surface area contributed by atoms with Crippen LogP contribution < -0.4 is 4.34 Å². The lowest BCUT2D eigenvalue weighted by atomic mass is 10.2. The van der Waals surface area contributed by atoms with Gasteiger partial charge in [0, 0.05) is 25.4 Å². The van der Waals surface area contributed by atoms with Gasteiger partial charge in [-0.05, 0) is 53.3 Å². The van der Waals surface area contributed by atoms with Gasteiger partial charge in [-0.1, -0.05) is 0 Å². The van der Waals surface area contributed by atoms with E-state index in [4.69, 9.17) is 0 Å². The molecule has 0 aliphatic rings. The Kier molecular flexibility index (Phi) is 2.97. The number of nitrogens with one attached hydrogen (secondary N) is 1. The predicted octanol–water partition coefficient (Wildman–Crippen LogP) is 3.32. The Bertz CT molecular complexity index is 237. The summed E-state index contributed by atoms with van der Waals surface area (Å²) in [5.74, 6) is 0. The van der Waals surface area contributed by atoms with E-state index in [2.05, 4.69) is 62.1 Å². The van der Waals surface area contributed by atoms with Crippen molar-refractivity contribution in [2.75, 3.05) is 4.34 Å². The molecule has 10 heavy (non-hydrogen) atoms. The first kappa shape index (κ1) is 8.33. The lowest BCUT2D eigenvalue weighted by Gasteiger charge is -2.01. The molecule has 54 valence electrons. The van der Waals surface area contributed by atoms with Gasteiger partial charge in [-0.25, -0.2) is 0 Å². The molecule has 0 aromatic heterocycles. The summed E-state index contributed by atoms with van der Waals surface area (Å²) in [6.45, 7) is 2.08. The number of halogens is 2. The number of rotatable bonds is 1. The fourth-order valence-corrected chi connectivity index (χ4v) is 1.82. The van der Waals surface area contributed by atoms with Gasteiger partial charge in [-0.3, -0.25) is 0 Å². The fraction of sp³-hybridized carbons (Fsp3) is 0.143. The second-order valence-corrected chi connectivity index (χ2v) is 3.70. The molecule has 0 fully saturated rings. The average molecular weight is 312 g/mol. The zero-order valence-corrected chi connectivity index (χ0v) is 9.23. The quantitative estimate of drug-likeness (QED) is 0.620. The van der Waals surface area contributed by atoms with Crippen molar-refractivity contribution in [3.8, 4) is 0 Å². The first-order chi connectivity index (χ1) is 4.74. The highest BCUT2D eigenvalue weighted by Gasteiger charge is 1.94. The molecule has 0 atom stereocenters. The van der Waals surface area contributed by atoms with E-state index in [-0.39, 0.29) is 0 Å². The monoisotopic (exact) mass is 311 g/mol. The van der Waals surface area contributed by atoms with Crippen LogP contribution in [0.1, 0.15) is 5.56 Å². The van der Waals surface area contributed by atoms with Gasteiger partial charge in [0.15, 0.2) is 0 Å². The Balaban J connectivity index is 3.07. The third kappa shape index (κ3) is 1.85. The Morgan fingerprint density at radius 3 is 2.70 bits per heavy atom. The highest BCUT2D eigenvalue weighted by molar-refractivity contribution is 14.1. The molecule has 0 bridgehead atoms. The smallest absolute Gasteiger partial charge is 0.0470 e. The van der Waals surface area contributed by atoms with E-state index in [0.717, 1.165) is 5.69 Å². The van der Waals surface area contributed by atoms with Crippen molar-refractivity contribution in [2.45, 2.75) is 6.92 Å². The molecule has 1 aromatic rings. The standard InChI is InChI=1S/C7H7BrIN/c1-5-4-6(9)2-3-7(5)10-8/h2-4,10H,1H3. The number of hydrogen-bond acceptors (Lipinski definition) is 1. The molecule has 0 spiro atoms. The average Bonchev–Trinajstić information content (AvgIpc) is 1.88. The molecule has 0 unspecified atom stereocenters. The van der Waals surface area contributed by atoms with Gasteiger partial charge in [-0.15, -0.1) is 0 Å². The van der Waals surface area contributed by atoms with Gasteiger partial charge >= 0.3 is 0 Å². The normalized spacial score (nSPS) is 9.50. The van der Waals surface area contributed by atoms with Crippen LogP contribution in [0.25, 0.3) is 0 Å². The van der Waals surface area contributed by atoms with Gasteiger partial charge in [0.05, 0.1) is 0 Å². The van der Waals surface area contributed by atoms with Crippen molar-refractivity contribution in [3.63, 3.8) is 0 Å². The Morgan fingerprint density at radius 2 is 2.20 bits per heavy atom. The molecule has 3 heteroatoms. The van der Waals surface area contributed by atoms with Crippen molar-refractivity contribution < 1.29 is 0 Å². The van der Waals surface area contributed by atoms with Crippen LogP contribution in [0.2, 0.25) is 0 Å². The molecule has 0 aliphatic carbocycles. The molecule has 1 nitrogen and oxygen atoms in total. The summed E-state index contributed by atoms with van der Waals surface area (Å²) >= 11 is 5.48. The lowest BCUT2D eigenvalue weighted by molar-refractivity contribution is 1.45. The van der Waals surface area contributed by atoms with Crippen LogP contribution in [0.15, 0.2) is 18.2 Å². The maximum Gasteiger partial charge on any atom is 0.0470 e. The van der Waals surface area contributed by atoms with Gasteiger partial charge in [0.2, 0.25) is 0 Å². The summed E-state index contributed by atoms with van der Waals surface area (Å²) in [7, 11) is 0. The zero-order chi connectivity index (χ0) is 7.56. The molecule has 0 radical (unpaired) electrons. The SMILES string of the molecule is Cc1cc(I)ccc1NBr. The highest BCUT2D eigenvalue weighted by Crippen LogP contribution is 2.18. The van der Waals surface area contributed by atoms with E-state index in [1.807, 2.05) is 6.07 Å². The second-order valence-electron chi connectivity index (χ2n) is 2.05. The van der Waals surface area contributed by atoms with Gasteiger partial charge < -0.3 is 4.34 Å². The molecule has 0 saturated heterocycles. The van der Waals surface area contributed by atoms with Gasteiger partial charge in [-0.2, -0.15) is 0 Å². The second kappa shape index (κ2) is 3.57.